The van der Waals surface area contributed by atoms with E-state index >= 15 is 0 Å². The van der Waals surface area contributed by atoms with Gasteiger partial charge in [0.25, 0.3) is 0 Å². The Morgan fingerprint density at radius 1 is 0.976 bits per heavy atom. The lowest BCUT2D eigenvalue weighted by atomic mass is 9.99. The molecule has 13 heteroatoms. The summed E-state index contributed by atoms with van der Waals surface area (Å²) in [5, 5.41) is 0. The minimum absolute atomic E-state index is 0.0231. The second kappa shape index (κ2) is 14.1. The molecule has 0 aliphatic carbocycles. The van der Waals surface area contributed by atoms with Gasteiger partial charge in [-0.2, -0.15) is 8.78 Å². The van der Waals surface area contributed by atoms with Crippen LogP contribution in [0.25, 0.3) is 11.1 Å². The van der Waals surface area contributed by atoms with E-state index in [1.807, 2.05) is 6.92 Å². The van der Waals surface area contributed by atoms with Crippen LogP contribution in [0.3, 0.4) is 0 Å². The molecule has 0 unspecified atom stereocenters. The molecule has 0 spiro atoms. The topological polar surface area (TPSA) is 36.9 Å². The highest BCUT2D eigenvalue weighted by Gasteiger charge is 2.42. The third-order valence-electron chi connectivity index (χ3n) is 5.60. The molecule has 0 aromatic heterocycles. The Bertz CT molecular complexity index is 1260. The summed E-state index contributed by atoms with van der Waals surface area (Å²) in [6.45, 7) is 4.18. The van der Waals surface area contributed by atoms with Gasteiger partial charge >= 0.3 is 6.11 Å². The van der Waals surface area contributed by atoms with Gasteiger partial charge in [0, 0.05) is 30.2 Å². The molecule has 4 nitrogen and oxygen atoms in total. The van der Waals surface area contributed by atoms with Crippen LogP contribution < -0.4 is 0 Å². The van der Waals surface area contributed by atoms with E-state index in [9.17, 15) is 39.5 Å². The van der Waals surface area contributed by atoms with Crippen molar-refractivity contribution in [2.45, 2.75) is 25.7 Å². The summed E-state index contributed by atoms with van der Waals surface area (Å²) >= 11 is 0. The second-order valence-electron chi connectivity index (χ2n) is 8.95. The van der Waals surface area contributed by atoms with E-state index < -0.39 is 76.4 Å². The van der Waals surface area contributed by atoms with Gasteiger partial charge in [-0.25, -0.2) is 30.7 Å². The molecule has 0 radical (unpaired) electrons. The summed E-state index contributed by atoms with van der Waals surface area (Å²) in [6, 6.07) is 2.07. The molecule has 0 amide bonds. The summed E-state index contributed by atoms with van der Waals surface area (Å²) in [4.78, 5) is 0. The predicted molar refractivity (Wildman–Crippen MR) is 129 cm³/mol. The smallest absolute Gasteiger partial charge is 0.429 e. The normalized spacial score (nSPS) is 18.5. The summed E-state index contributed by atoms with van der Waals surface area (Å²) in [6.07, 6.45) is -5.07. The molecule has 1 fully saturated rings. The van der Waals surface area contributed by atoms with Crippen LogP contribution in [-0.4, -0.2) is 33.1 Å². The second-order valence-corrected chi connectivity index (χ2v) is 8.95. The van der Waals surface area contributed by atoms with Crippen LogP contribution in [0.15, 0.2) is 60.4 Å². The first-order chi connectivity index (χ1) is 19.4. The van der Waals surface area contributed by atoms with Crippen LogP contribution in [-0.2, 0) is 25.1 Å². The Morgan fingerprint density at radius 2 is 1.56 bits per heavy atom. The Balaban J connectivity index is 1.86. The van der Waals surface area contributed by atoms with E-state index in [2.05, 4.69) is 11.3 Å². The molecule has 0 atom stereocenters. The number of hydrogen-bond donors (Lipinski definition) is 0. The highest BCUT2D eigenvalue weighted by Crippen LogP contribution is 2.39. The third-order valence-corrected chi connectivity index (χ3v) is 5.60. The Hall–Kier alpha value is -3.29. The molecule has 0 N–H and O–H groups in total. The number of hydrogen-bond acceptors (Lipinski definition) is 4. The van der Waals surface area contributed by atoms with E-state index in [0.717, 1.165) is 18.6 Å². The minimum atomic E-state index is -4.91. The molecule has 224 valence electrons. The molecule has 1 aliphatic rings. The molecule has 0 saturated carbocycles. The quantitative estimate of drug-likeness (QED) is 0.107. The zero-order valence-corrected chi connectivity index (χ0v) is 21.6. The van der Waals surface area contributed by atoms with Crippen molar-refractivity contribution in [2.24, 2.45) is 5.92 Å². The lowest BCUT2D eigenvalue weighted by molar-refractivity contribution is -0.224. The molecular weight excluding hydrogens is 571 g/mol. The Labute approximate surface area is 229 Å². The van der Waals surface area contributed by atoms with Crippen molar-refractivity contribution in [3.05, 3.63) is 94.8 Å². The SMILES string of the molecule is C=C(F)/C=C(\C=C(\F)CF)OC(F)(F)c1c(F)cc(-c2c(F)cc(C3OCC(COCCC)CO3)cc2F)cc1F. The first-order valence-corrected chi connectivity index (χ1v) is 12.2. The average molecular weight is 596 g/mol. The fourth-order valence-corrected chi connectivity index (χ4v) is 3.87. The predicted octanol–water partition coefficient (Wildman–Crippen LogP) is 8.25. The molecule has 3 rings (SSSR count). The van der Waals surface area contributed by atoms with Gasteiger partial charge in [-0.1, -0.05) is 13.5 Å². The summed E-state index contributed by atoms with van der Waals surface area (Å²) in [5.41, 5.74) is -3.83. The van der Waals surface area contributed by atoms with E-state index in [1.165, 1.54) is 0 Å². The van der Waals surface area contributed by atoms with Crippen molar-refractivity contribution >= 4 is 0 Å². The number of ether oxygens (including phenoxy) is 4. The lowest BCUT2D eigenvalue weighted by Crippen LogP contribution is -2.30. The number of halogens is 9. The van der Waals surface area contributed by atoms with Crippen molar-refractivity contribution < 1.29 is 58.5 Å². The maximum Gasteiger partial charge on any atom is 0.432 e. The molecule has 2 aromatic carbocycles. The number of allylic oxidation sites excluding steroid dienone is 4. The van der Waals surface area contributed by atoms with Gasteiger partial charge in [-0.05, 0) is 36.2 Å². The van der Waals surface area contributed by atoms with Crippen LogP contribution in [0.1, 0.15) is 30.8 Å². The minimum Gasteiger partial charge on any atom is -0.429 e. The third kappa shape index (κ3) is 8.37. The van der Waals surface area contributed by atoms with Crippen molar-refractivity contribution in [1.29, 1.82) is 0 Å². The van der Waals surface area contributed by atoms with Crippen molar-refractivity contribution in [1.82, 2.24) is 0 Å². The monoisotopic (exact) mass is 596 g/mol. The van der Waals surface area contributed by atoms with Gasteiger partial charge in [0.05, 0.1) is 25.4 Å². The van der Waals surface area contributed by atoms with Gasteiger partial charge in [0.1, 0.15) is 52.9 Å². The largest absolute Gasteiger partial charge is 0.432 e. The standard InChI is InChI=1S/C28H25F9O4/c1-3-4-38-12-16-13-39-27(40-14-16)18-8-21(32)25(22(33)9-18)17-6-23(34)26(24(35)7-17)28(36,37)41-20(5-15(2)30)10-19(31)11-29/h5-10,16,27H,2-4,11-14H2,1H3/b19-10+,20-5+. The average Bonchev–Trinajstić information content (AvgIpc) is 2.87. The summed E-state index contributed by atoms with van der Waals surface area (Å²) in [5.74, 6) is -11.1. The van der Waals surface area contributed by atoms with E-state index in [0.29, 0.717) is 13.2 Å². The zero-order chi connectivity index (χ0) is 30.3. The number of rotatable bonds is 12. The number of benzene rings is 2. The fraction of sp³-hybridized carbons (Fsp3) is 0.357. The molecule has 41 heavy (non-hydrogen) atoms. The van der Waals surface area contributed by atoms with Crippen LogP contribution in [0, 0.1) is 29.2 Å². The van der Waals surface area contributed by atoms with Crippen molar-refractivity contribution in [3.8, 4) is 11.1 Å². The van der Waals surface area contributed by atoms with Crippen LogP contribution in [0.4, 0.5) is 39.5 Å². The van der Waals surface area contributed by atoms with E-state index in [4.69, 9.17) is 14.2 Å². The Morgan fingerprint density at radius 3 is 2.07 bits per heavy atom. The highest BCUT2D eigenvalue weighted by molar-refractivity contribution is 5.66. The van der Waals surface area contributed by atoms with Crippen LogP contribution in [0.2, 0.25) is 0 Å². The first-order valence-electron chi connectivity index (χ1n) is 12.2. The van der Waals surface area contributed by atoms with Gasteiger partial charge in [-0.15, -0.1) is 0 Å². The highest BCUT2D eigenvalue weighted by atomic mass is 19.3. The van der Waals surface area contributed by atoms with Gasteiger partial charge < -0.3 is 18.9 Å². The van der Waals surface area contributed by atoms with E-state index in [-0.39, 0.29) is 49.0 Å². The molecule has 0 bridgehead atoms. The van der Waals surface area contributed by atoms with Crippen LogP contribution >= 0.6 is 0 Å². The Kier molecular flexibility index (Phi) is 11.0. The summed E-state index contributed by atoms with van der Waals surface area (Å²) < 4.78 is 148. The van der Waals surface area contributed by atoms with Crippen LogP contribution in [0.5, 0.6) is 0 Å². The molecule has 2 aromatic rings. The van der Waals surface area contributed by atoms with Gasteiger partial charge in [-0.3, -0.25) is 0 Å². The van der Waals surface area contributed by atoms with Gasteiger partial charge in [0.15, 0.2) is 6.29 Å². The maximum atomic E-state index is 15.0. The van der Waals surface area contributed by atoms with Crippen molar-refractivity contribution in [3.63, 3.8) is 0 Å². The zero-order valence-electron chi connectivity index (χ0n) is 21.6. The van der Waals surface area contributed by atoms with Crippen molar-refractivity contribution in [2.75, 3.05) is 33.1 Å². The molecule has 1 heterocycles. The number of alkyl halides is 3. The molecular formula is C28H25F9O4. The first kappa shape index (κ1) is 32.2. The fourth-order valence-electron chi connectivity index (χ4n) is 3.87. The maximum absolute atomic E-state index is 15.0. The molecule has 1 aliphatic heterocycles. The van der Waals surface area contributed by atoms with E-state index in [1.54, 1.807) is 0 Å². The van der Waals surface area contributed by atoms with Gasteiger partial charge in [0.2, 0.25) is 0 Å². The lowest BCUT2D eigenvalue weighted by Gasteiger charge is -2.29. The summed E-state index contributed by atoms with van der Waals surface area (Å²) in [7, 11) is 0. The molecule has 1 saturated heterocycles.